The molecule has 0 fully saturated rings. The molecule has 0 spiro atoms. The molecule has 31 heteroatoms. The summed E-state index contributed by atoms with van der Waals surface area (Å²) in [5.41, 5.74) is 0. The number of unbranched alkanes of at least 4 members (excludes halogenated alkanes) is 12. The van der Waals surface area contributed by atoms with Crippen LogP contribution in [-0.4, -0.2) is 159 Å². The second-order valence-corrected chi connectivity index (χ2v) is 24.0. The third-order valence-corrected chi connectivity index (χ3v) is 14.0. The number of hydrogen-bond acceptors (Lipinski definition) is 24. The maximum Gasteiger partial charge on any atom is 0.197 e. The van der Waals surface area contributed by atoms with Crippen LogP contribution in [0.1, 0.15) is 237 Å². The zero-order valence-electron chi connectivity index (χ0n) is 53.3. The van der Waals surface area contributed by atoms with Gasteiger partial charge in [0.05, 0.1) is 0 Å². The van der Waals surface area contributed by atoms with E-state index in [-0.39, 0.29) is 21.1 Å². The average molecular weight is 1610 g/mol. The van der Waals surface area contributed by atoms with Gasteiger partial charge in [-0.15, -0.1) is 0 Å². The summed E-state index contributed by atoms with van der Waals surface area (Å²) in [5, 5.41) is 0. The summed E-state index contributed by atoms with van der Waals surface area (Å²) in [4.78, 5) is 12.8. The fourth-order valence-electron chi connectivity index (χ4n) is 5.95. The van der Waals surface area contributed by atoms with Gasteiger partial charge in [-0.1, -0.05) is 186 Å². The fourth-order valence-corrected chi connectivity index (χ4v) is 8.14. The third-order valence-electron chi connectivity index (χ3n) is 10.9. The van der Waals surface area contributed by atoms with Crippen molar-refractivity contribution in [2.75, 3.05) is 78.5 Å². The van der Waals surface area contributed by atoms with Gasteiger partial charge < -0.3 is 178 Å². The summed E-state index contributed by atoms with van der Waals surface area (Å²) in [5.74, 6) is 0. The Balaban J connectivity index is -0.0000000639. The first-order valence-electron chi connectivity index (χ1n) is 29.1. The van der Waals surface area contributed by atoms with E-state index in [0.29, 0.717) is 25.9 Å². The monoisotopic (exact) mass is 1610 g/mol. The number of thiocarbonyl (C=S) groups is 6. The Hall–Kier alpha value is 1.47. The average Bonchev–Trinajstić information content (AvgIpc) is 3.50. The van der Waals surface area contributed by atoms with E-state index in [9.17, 15) is 0 Å². The van der Waals surface area contributed by atoms with Crippen molar-refractivity contribution in [3.05, 3.63) is 0 Å². The molecule has 0 bridgehead atoms. The molecule has 0 aliphatic heterocycles. The smallest absolute Gasteiger partial charge is 0.197 e. The first-order valence-corrected chi connectivity index (χ1v) is 36.0. The van der Waals surface area contributed by atoms with E-state index in [1.54, 1.807) is 0 Å². The molecule has 0 heterocycles. The van der Waals surface area contributed by atoms with E-state index < -0.39 is 0 Å². The van der Waals surface area contributed by atoms with Gasteiger partial charge in [-0.05, 0) is 77.0 Å². The van der Waals surface area contributed by atoms with Gasteiger partial charge in [-0.2, -0.15) is 25.3 Å². The third kappa shape index (κ3) is 110. The van der Waals surface area contributed by atoms with Crippen LogP contribution in [0.3, 0.4) is 0 Å². The molecule has 0 atom stereocenters. The molecule has 0 saturated heterocycles. The molecule has 85 heavy (non-hydrogen) atoms. The fraction of sp³-hybridized carbons (Fsp3) is 0.889. The normalized spacial score (nSPS) is 8.61. The summed E-state index contributed by atoms with van der Waals surface area (Å²) >= 11 is 76.8. The molecule has 0 aromatic heterocycles. The van der Waals surface area contributed by atoms with E-state index in [0.717, 1.165) is 78.5 Å². The molecule has 12 nitrogen and oxygen atoms in total. The van der Waals surface area contributed by atoms with Crippen molar-refractivity contribution in [1.82, 2.24) is 29.4 Å². The predicted octanol–water partition coefficient (Wildman–Crippen LogP) is 14.3. The van der Waals surface area contributed by atoms with Gasteiger partial charge in [0.2, 0.25) is 0 Å². The summed E-state index contributed by atoms with van der Waals surface area (Å²) in [7, 11) is 0. The van der Waals surface area contributed by atoms with Crippen LogP contribution in [0.25, 0.3) is 0 Å². The molecule has 510 valence electrons. The molecule has 0 rings (SSSR count). The molecule has 0 amide bonds. The second kappa shape index (κ2) is 113. The Morgan fingerprint density at radius 2 is 0.259 bits per heavy atom. The van der Waals surface area contributed by atoms with Crippen molar-refractivity contribution in [2.45, 2.75) is 237 Å². The topological polar surface area (TPSA) is 122 Å². The van der Waals surface area contributed by atoms with Crippen LogP contribution in [0.5, 0.6) is 0 Å². The summed E-state index contributed by atoms with van der Waals surface area (Å²) in [6, 6.07) is 0. The molecular formula is C54H108MoN6O6S18-6. The van der Waals surface area contributed by atoms with Crippen LogP contribution in [0, 0.1) is 0 Å². The Morgan fingerprint density at radius 3 is 0.294 bits per heavy atom. The molecule has 0 aliphatic carbocycles. The molecule has 0 aromatic carbocycles. The van der Waals surface area contributed by atoms with Gasteiger partial charge in [0.15, 0.2) is 75.2 Å². The van der Waals surface area contributed by atoms with Crippen molar-refractivity contribution in [3.8, 4) is 0 Å². The predicted molar refractivity (Wildman–Crippen MR) is 417 cm³/mol. The van der Waals surface area contributed by atoms with E-state index in [4.69, 9.17) is 174 Å². The van der Waals surface area contributed by atoms with Gasteiger partial charge in [-0.25, -0.2) is 0 Å². The molecule has 0 saturated carbocycles. The van der Waals surface area contributed by atoms with Gasteiger partial charge >= 0.3 is 0 Å². The van der Waals surface area contributed by atoms with Crippen LogP contribution < -0.4 is 0 Å². The zero-order chi connectivity index (χ0) is 68.4. The summed E-state index contributed by atoms with van der Waals surface area (Å²) in [6.45, 7) is 38.7. The summed E-state index contributed by atoms with van der Waals surface area (Å²) in [6.07, 6.45) is 28.8. The molecule has 0 aliphatic rings. The number of rotatable bonds is 36. The first-order chi connectivity index (χ1) is 40.3. The maximum atomic E-state index is 7.83. The maximum absolute atomic E-state index is 7.83. The molecular weight excluding hydrogens is 1500 g/mol. The van der Waals surface area contributed by atoms with E-state index in [2.05, 4.69) is 188 Å². The Morgan fingerprint density at radius 1 is 0.200 bits per heavy atom. The van der Waals surface area contributed by atoms with Crippen molar-refractivity contribution < 1.29 is 46.3 Å². The SMILES string of the molecule is CCCCN(CCCC)C(=S)[S-].CCCCN(CCCC)C(=S)[S-].CCCCN(CCCC)C(=S)[S-].CCCCN(CCCC)C(=S)[S-].CCCCN(CCCC)C(=S)[S-].CCCCN(CCCC)C(=S)[S-].O=S.O=S.O=S.O=S.O=S.O=S.[Mo]. The van der Waals surface area contributed by atoms with Gasteiger partial charge in [0.1, 0.15) is 0 Å². The van der Waals surface area contributed by atoms with Gasteiger partial charge in [-0.3, -0.25) is 0 Å². The summed E-state index contributed by atoms with van der Waals surface area (Å²) < 4.78 is 50.8. The standard InChI is InChI=1S/6C9H19NS2.Mo.6OS/c6*1-3-5-7-10(9(11)12)8-6-4-2;;6*1-2/h6*3-8H2,1-2H3,(H,11,12);;;;;;;/p-6. The van der Waals surface area contributed by atoms with E-state index in [1.807, 2.05) is 0 Å². The van der Waals surface area contributed by atoms with E-state index in [1.165, 1.54) is 154 Å². The molecule has 0 radical (unpaired) electrons. The first kappa shape index (κ1) is 117. The Bertz CT molecular complexity index is 1070. The minimum Gasteiger partial charge on any atom is -0.411 e. The van der Waals surface area contributed by atoms with Crippen molar-refractivity contribution >= 4 is 250 Å². The van der Waals surface area contributed by atoms with Crippen LogP contribution >= 0.6 is 73.3 Å². The quantitative estimate of drug-likeness (QED) is 0.0336. The van der Waals surface area contributed by atoms with Crippen molar-refractivity contribution in [3.63, 3.8) is 0 Å². The molecule has 0 unspecified atom stereocenters. The Kier molecular flexibility index (Phi) is 156. The van der Waals surface area contributed by atoms with Crippen molar-refractivity contribution in [1.29, 1.82) is 0 Å². The number of hydrogen-bond donors (Lipinski definition) is 0. The molecule has 0 N–H and O–H groups in total. The van der Waals surface area contributed by atoms with Crippen LogP contribution in [0.4, 0.5) is 0 Å². The van der Waals surface area contributed by atoms with Crippen LogP contribution in [-0.2, 0) is 172 Å². The minimum atomic E-state index is 0. The van der Waals surface area contributed by atoms with Crippen LogP contribution in [0.15, 0.2) is 0 Å². The zero-order valence-corrected chi connectivity index (χ0v) is 70.0. The Labute approximate surface area is 634 Å². The van der Waals surface area contributed by atoms with Crippen LogP contribution in [0.2, 0.25) is 0 Å². The van der Waals surface area contributed by atoms with Gasteiger partial charge in [0.25, 0.3) is 0 Å². The number of nitrogens with zero attached hydrogens (tertiary/aromatic N) is 6. The minimum absolute atomic E-state index is 0. The largest absolute Gasteiger partial charge is 0.411 e. The van der Waals surface area contributed by atoms with E-state index >= 15 is 0 Å². The second-order valence-electron chi connectivity index (χ2n) is 17.8. The van der Waals surface area contributed by atoms with Gasteiger partial charge in [0, 0.05) is 99.6 Å². The van der Waals surface area contributed by atoms with Crippen molar-refractivity contribution in [2.24, 2.45) is 0 Å². The molecule has 0 aromatic rings.